The molecule has 1 amide bonds. The number of alkyl carbamates (subject to hydrolysis) is 1. The summed E-state index contributed by atoms with van der Waals surface area (Å²) in [5.74, 6) is 0. The van der Waals surface area contributed by atoms with E-state index in [-0.39, 0.29) is 18.2 Å². The van der Waals surface area contributed by atoms with Crippen molar-refractivity contribution in [1.82, 2.24) is 10.6 Å². The van der Waals surface area contributed by atoms with Gasteiger partial charge in [0.05, 0.1) is 0 Å². The highest BCUT2D eigenvalue weighted by Gasteiger charge is 2.19. The minimum Gasteiger partial charge on any atom is -0.446 e. The van der Waals surface area contributed by atoms with E-state index in [0.717, 1.165) is 45.2 Å². The van der Waals surface area contributed by atoms with Crippen molar-refractivity contribution < 1.29 is 9.53 Å². The number of hydrogen-bond donors (Lipinski definition) is 2. The normalized spacial score (nSPS) is 17.2. The summed E-state index contributed by atoms with van der Waals surface area (Å²) in [7, 11) is 0. The molecule has 21 heavy (non-hydrogen) atoms. The first-order chi connectivity index (χ1) is 10.3. The summed E-state index contributed by atoms with van der Waals surface area (Å²) in [6, 6.07) is 10.4. The Morgan fingerprint density at radius 3 is 2.71 bits per heavy atom. The van der Waals surface area contributed by atoms with E-state index in [1.54, 1.807) is 0 Å². The molecule has 0 aromatic heterocycles. The molecule has 1 saturated heterocycles. The zero-order valence-electron chi connectivity index (χ0n) is 12.8. The molecule has 0 bridgehead atoms. The van der Waals surface area contributed by atoms with E-state index in [4.69, 9.17) is 4.74 Å². The van der Waals surface area contributed by atoms with Crippen molar-refractivity contribution in [2.24, 2.45) is 0 Å². The van der Waals surface area contributed by atoms with Gasteiger partial charge in [-0.1, -0.05) is 43.7 Å². The van der Waals surface area contributed by atoms with E-state index < -0.39 is 0 Å². The largest absolute Gasteiger partial charge is 0.446 e. The lowest BCUT2D eigenvalue weighted by atomic mass is 10.0. The van der Waals surface area contributed by atoms with Crippen LogP contribution in [-0.4, -0.2) is 31.3 Å². The van der Waals surface area contributed by atoms with Crippen LogP contribution in [0.25, 0.3) is 0 Å². The van der Waals surface area contributed by atoms with E-state index in [1.807, 2.05) is 18.2 Å². The van der Waals surface area contributed by atoms with Gasteiger partial charge in [-0.05, 0) is 44.3 Å². The average molecular weight is 290 g/mol. The molecule has 1 aliphatic rings. The van der Waals surface area contributed by atoms with Crippen molar-refractivity contribution in [3.8, 4) is 0 Å². The Bertz CT molecular complexity index is 416. The molecule has 4 heteroatoms. The van der Waals surface area contributed by atoms with Crippen molar-refractivity contribution in [1.29, 1.82) is 0 Å². The van der Waals surface area contributed by atoms with Crippen LogP contribution in [0.5, 0.6) is 0 Å². The minimum absolute atomic E-state index is 0.0604. The van der Waals surface area contributed by atoms with Crippen LogP contribution in [0, 0.1) is 0 Å². The van der Waals surface area contributed by atoms with Gasteiger partial charge in [0.25, 0.3) is 0 Å². The number of rotatable bonds is 6. The summed E-state index contributed by atoms with van der Waals surface area (Å²) in [4.78, 5) is 12.0. The second kappa shape index (κ2) is 8.67. The van der Waals surface area contributed by atoms with Gasteiger partial charge in [0, 0.05) is 6.04 Å². The summed E-state index contributed by atoms with van der Waals surface area (Å²) in [5, 5.41) is 6.30. The topological polar surface area (TPSA) is 50.4 Å². The van der Waals surface area contributed by atoms with Crippen molar-refractivity contribution in [2.75, 3.05) is 13.1 Å². The first-order valence-corrected chi connectivity index (χ1v) is 7.99. The lowest BCUT2D eigenvalue weighted by Gasteiger charge is -2.25. The Morgan fingerprint density at radius 1 is 1.33 bits per heavy atom. The van der Waals surface area contributed by atoms with E-state index >= 15 is 0 Å². The molecule has 1 atom stereocenters. The third kappa shape index (κ3) is 5.76. The molecule has 0 radical (unpaired) electrons. The number of carbonyl (C=O) groups is 1. The van der Waals surface area contributed by atoms with Gasteiger partial charge in [0.1, 0.15) is 6.10 Å². The van der Waals surface area contributed by atoms with Gasteiger partial charge in [-0.25, -0.2) is 4.79 Å². The van der Waals surface area contributed by atoms with Gasteiger partial charge in [-0.2, -0.15) is 0 Å². The fourth-order valence-corrected chi connectivity index (χ4v) is 2.74. The van der Waals surface area contributed by atoms with Gasteiger partial charge in [-0.15, -0.1) is 0 Å². The highest BCUT2D eigenvalue weighted by molar-refractivity contribution is 5.67. The maximum atomic E-state index is 12.0. The average Bonchev–Trinajstić information content (AvgIpc) is 2.49. The van der Waals surface area contributed by atoms with Crippen LogP contribution < -0.4 is 10.6 Å². The van der Waals surface area contributed by atoms with Crippen LogP contribution in [0.3, 0.4) is 0 Å². The molecule has 0 saturated carbocycles. The molecular weight excluding hydrogens is 264 g/mol. The summed E-state index contributed by atoms with van der Waals surface area (Å²) in [5.41, 5.74) is 1.25. The SMILES string of the molecule is CCCC(Cc1ccccc1)NC(=O)OC1CCNCC1. The molecule has 1 aromatic carbocycles. The van der Waals surface area contributed by atoms with E-state index in [0.29, 0.717) is 0 Å². The van der Waals surface area contributed by atoms with Crippen LogP contribution >= 0.6 is 0 Å². The highest BCUT2D eigenvalue weighted by atomic mass is 16.6. The van der Waals surface area contributed by atoms with Crippen molar-refractivity contribution >= 4 is 6.09 Å². The second-order valence-corrected chi connectivity index (χ2v) is 5.67. The summed E-state index contributed by atoms with van der Waals surface area (Å²) < 4.78 is 5.52. The maximum absolute atomic E-state index is 12.0. The van der Waals surface area contributed by atoms with Gasteiger partial charge < -0.3 is 15.4 Å². The smallest absolute Gasteiger partial charge is 0.407 e. The van der Waals surface area contributed by atoms with Crippen LogP contribution in [0.2, 0.25) is 0 Å². The van der Waals surface area contributed by atoms with Gasteiger partial charge in [0.2, 0.25) is 0 Å². The lowest BCUT2D eigenvalue weighted by Crippen LogP contribution is -2.41. The van der Waals surface area contributed by atoms with Crippen molar-refractivity contribution in [3.63, 3.8) is 0 Å². The Hall–Kier alpha value is -1.55. The Balaban J connectivity index is 1.82. The lowest BCUT2D eigenvalue weighted by molar-refractivity contribution is 0.0765. The number of benzene rings is 1. The van der Waals surface area contributed by atoms with Gasteiger partial charge in [0.15, 0.2) is 0 Å². The summed E-state index contributed by atoms with van der Waals surface area (Å²) >= 11 is 0. The molecule has 4 nitrogen and oxygen atoms in total. The Labute approximate surface area is 127 Å². The summed E-state index contributed by atoms with van der Waals surface area (Å²) in [6.07, 6.45) is 4.48. The van der Waals surface area contributed by atoms with Crippen molar-refractivity contribution in [3.05, 3.63) is 35.9 Å². The molecule has 1 fully saturated rings. The van der Waals surface area contributed by atoms with E-state index in [9.17, 15) is 4.79 Å². The molecule has 1 aliphatic heterocycles. The third-order valence-electron chi connectivity index (χ3n) is 3.84. The van der Waals surface area contributed by atoms with Gasteiger partial charge in [-0.3, -0.25) is 0 Å². The number of ether oxygens (including phenoxy) is 1. The minimum atomic E-state index is -0.267. The van der Waals surface area contributed by atoms with E-state index in [2.05, 4.69) is 29.7 Å². The number of hydrogen-bond acceptors (Lipinski definition) is 3. The molecule has 1 heterocycles. The predicted molar refractivity (Wildman–Crippen MR) is 84.4 cm³/mol. The molecule has 1 aromatic rings. The van der Waals surface area contributed by atoms with Crippen LogP contribution in [-0.2, 0) is 11.2 Å². The van der Waals surface area contributed by atoms with Gasteiger partial charge >= 0.3 is 6.09 Å². The number of amides is 1. The molecule has 0 spiro atoms. The number of nitrogens with one attached hydrogen (secondary N) is 2. The monoisotopic (exact) mass is 290 g/mol. The maximum Gasteiger partial charge on any atom is 0.407 e. The van der Waals surface area contributed by atoms with Crippen LogP contribution in [0.15, 0.2) is 30.3 Å². The Morgan fingerprint density at radius 2 is 2.05 bits per heavy atom. The van der Waals surface area contributed by atoms with E-state index in [1.165, 1.54) is 5.56 Å². The fraction of sp³-hybridized carbons (Fsp3) is 0.588. The first kappa shape index (κ1) is 15.8. The molecule has 2 rings (SSSR count). The van der Waals surface area contributed by atoms with Crippen LogP contribution in [0.1, 0.15) is 38.2 Å². The molecule has 1 unspecified atom stereocenters. The fourth-order valence-electron chi connectivity index (χ4n) is 2.74. The number of piperidine rings is 1. The molecule has 116 valence electrons. The van der Waals surface area contributed by atoms with Crippen LogP contribution in [0.4, 0.5) is 4.79 Å². The number of carbonyl (C=O) groups excluding carboxylic acids is 1. The quantitative estimate of drug-likeness (QED) is 0.847. The van der Waals surface area contributed by atoms with Crippen molar-refractivity contribution in [2.45, 2.75) is 51.2 Å². The zero-order valence-corrected chi connectivity index (χ0v) is 12.8. The highest BCUT2D eigenvalue weighted by Crippen LogP contribution is 2.10. The standard InChI is InChI=1S/C17H26N2O2/c1-2-6-15(13-14-7-4-3-5-8-14)19-17(20)21-16-9-11-18-12-10-16/h3-5,7-8,15-16,18H,2,6,9-13H2,1H3,(H,19,20). The zero-order chi connectivity index (χ0) is 14.9. The molecule has 2 N–H and O–H groups in total. The predicted octanol–water partition coefficient (Wildman–Crippen LogP) is 2.88. The molecule has 0 aliphatic carbocycles. The third-order valence-corrected chi connectivity index (χ3v) is 3.84. The summed E-state index contributed by atoms with van der Waals surface area (Å²) in [6.45, 7) is 4.00. The second-order valence-electron chi connectivity index (χ2n) is 5.67. The Kier molecular flexibility index (Phi) is 6.54. The molecular formula is C17H26N2O2. The first-order valence-electron chi connectivity index (χ1n) is 7.99.